The molecule has 1 aromatic heterocycles. The number of nitro groups is 1. The van der Waals surface area contributed by atoms with Crippen LogP contribution in [0.5, 0.6) is 0 Å². The minimum absolute atomic E-state index is 0.108. The van der Waals surface area contributed by atoms with Gasteiger partial charge in [-0.1, -0.05) is 0 Å². The first-order valence-corrected chi connectivity index (χ1v) is 7.29. The van der Waals surface area contributed by atoms with Crippen LogP contribution in [0.4, 0.5) is 17.1 Å². The van der Waals surface area contributed by atoms with Gasteiger partial charge in [0.15, 0.2) is 4.90 Å². The molecule has 0 bridgehead atoms. The van der Waals surface area contributed by atoms with Crippen LogP contribution in [0.25, 0.3) is 0 Å². The number of nitrogens with two attached hydrogens (primary N) is 1. The highest BCUT2D eigenvalue weighted by molar-refractivity contribution is 7.92. The van der Waals surface area contributed by atoms with Gasteiger partial charge < -0.3 is 5.73 Å². The molecule has 0 aliphatic rings. The largest absolute Gasteiger partial charge is 0.399 e. The van der Waals surface area contributed by atoms with Gasteiger partial charge in [0, 0.05) is 11.8 Å². The number of hydrogen-bond acceptors (Lipinski definition) is 6. The van der Waals surface area contributed by atoms with E-state index in [0.717, 1.165) is 12.1 Å². The van der Waals surface area contributed by atoms with Gasteiger partial charge in [-0.05, 0) is 26.0 Å². The van der Waals surface area contributed by atoms with Crippen molar-refractivity contribution >= 4 is 27.1 Å². The van der Waals surface area contributed by atoms with Crippen LogP contribution >= 0.6 is 0 Å². The topological polar surface area (TPSA) is 144 Å². The Labute approximate surface area is 120 Å². The number of benzene rings is 1. The molecule has 2 aromatic rings. The van der Waals surface area contributed by atoms with Gasteiger partial charge in [0.25, 0.3) is 15.7 Å². The number of nitrogen functional groups attached to an aromatic ring is 1. The number of aromatic amines is 1. The molecule has 0 fully saturated rings. The Morgan fingerprint density at radius 3 is 2.57 bits per heavy atom. The Bertz CT molecular complexity index is 793. The molecule has 2 rings (SSSR count). The molecule has 9 nitrogen and oxygen atoms in total. The number of sulfonamides is 1. The average Bonchev–Trinajstić information content (AvgIpc) is 2.69. The molecule has 0 spiro atoms. The molecule has 21 heavy (non-hydrogen) atoms. The van der Waals surface area contributed by atoms with E-state index in [9.17, 15) is 18.5 Å². The summed E-state index contributed by atoms with van der Waals surface area (Å²) in [5.74, 6) is 0. The van der Waals surface area contributed by atoms with Crippen LogP contribution in [-0.4, -0.2) is 23.5 Å². The Hall–Kier alpha value is -2.62. The van der Waals surface area contributed by atoms with Crippen molar-refractivity contribution in [1.29, 1.82) is 0 Å². The van der Waals surface area contributed by atoms with Crippen molar-refractivity contribution in [2.75, 3.05) is 10.5 Å². The SMILES string of the molecule is Cc1n[nH]c(C)c1NS(=O)(=O)c1ccc(N)cc1[N+](=O)[O-]. The number of hydrogen-bond donors (Lipinski definition) is 3. The van der Waals surface area contributed by atoms with Crippen molar-refractivity contribution in [1.82, 2.24) is 10.2 Å². The minimum Gasteiger partial charge on any atom is -0.399 e. The van der Waals surface area contributed by atoms with Crippen molar-refractivity contribution in [3.8, 4) is 0 Å². The molecule has 1 aromatic carbocycles. The van der Waals surface area contributed by atoms with Gasteiger partial charge in [0.05, 0.1) is 22.0 Å². The van der Waals surface area contributed by atoms with E-state index in [4.69, 9.17) is 5.73 Å². The summed E-state index contributed by atoms with van der Waals surface area (Å²) >= 11 is 0. The standard InChI is InChI=1S/C11H13N5O4S/c1-6-11(7(2)14-13-6)15-21(19,20)10-4-3-8(12)5-9(10)16(17)18/h3-5,15H,12H2,1-2H3,(H,13,14). The predicted molar refractivity (Wildman–Crippen MR) is 76.4 cm³/mol. The van der Waals surface area contributed by atoms with E-state index in [2.05, 4.69) is 14.9 Å². The van der Waals surface area contributed by atoms with Crippen LogP contribution in [0.3, 0.4) is 0 Å². The van der Waals surface area contributed by atoms with Gasteiger partial charge in [-0.15, -0.1) is 0 Å². The number of rotatable bonds is 4. The van der Waals surface area contributed by atoms with Crippen molar-refractivity contribution in [2.45, 2.75) is 18.7 Å². The molecule has 112 valence electrons. The maximum absolute atomic E-state index is 12.3. The van der Waals surface area contributed by atoms with E-state index in [0.29, 0.717) is 11.4 Å². The third-order valence-electron chi connectivity index (χ3n) is 2.83. The molecular formula is C11H13N5O4S. The summed E-state index contributed by atoms with van der Waals surface area (Å²) < 4.78 is 27.0. The Balaban J connectivity index is 2.53. The van der Waals surface area contributed by atoms with E-state index in [1.54, 1.807) is 13.8 Å². The van der Waals surface area contributed by atoms with Crippen molar-refractivity contribution in [3.63, 3.8) is 0 Å². The zero-order valence-corrected chi connectivity index (χ0v) is 12.1. The maximum Gasteiger partial charge on any atom is 0.291 e. The molecule has 0 aliphatic carbocycles. The molecular weight excluding hydrogens is 298 g/mol. The van der Waals surface area contributed by atoms with Gasteiger partial charge in [-0.25, -0.2) is 8.42 Å². The van der Waals surface area contributed by atoms with Gasteiger partial charge >= 0.3 is 0 Å². The van der Waals surface area contributed by atoms with Crippen LogP contribution in [0.2, 0.25) is 0 Å². The highest BCUT2D eigenvalue weighted by Gasteiger charge is 2.27. The lowest BCUT2D eigenvalue weighted by atomic mass is 10.3. The van der Waals surface area contributed by atoms with Crippen LogP contribution in [0.15, 0.2) is 23.1 Å². The van der Waals surface area contributed by atoms with Gasteiger partial charge in [0.2, 0.25) is 0 Å². The van der Waals surface area contributed by atoms with Crippen molar-refractivity contribution in [2.24, 2.45) is 0 Å². The first-order valence-electron chi connectivity index (χ1n) is 5.80. The fourth-order valence-electron chi connectivity index (χ4n) is 1.79. The second-order valence-corrected chi connectivity index (χ2v) is 6.05. The lowest BCUT2D eigenvalue weighted by molar-refractivity contribution is -0.387. The van der Waals surface area contributed by atoms with Gasteiger partial charge in [-0.2, -0.15) is 5.10 Å². The van der Waals surface area contributed by atoms with E-state index in [-0.39, 0.29) is 11.4 Å². The second-order valence-electron chi connectivity index (χ2n) is 4.40. The molecule has 0 radical (unpaired) electrons. The normalized spacial score (nSPS) is 11.3. The number of nitrogens with zero attached hydrogens (tertiary/aromatic N) is 2. The molecule has 10 heteroatoms. The summed E-state index contributed by atoms with van der Waals surface area (Å²) in [6, 6.07) is 3.39. The fourth-order valence-corrected chi connectivity index (χ4v) is 3.13. The van der Waals surface area contributed by atoms with Crippen LogP contribution in [0, 0.1) is 24.0 Å². The second kappa shape index (κ2) is 5.05. The fraction of sp³-hybridized carbons (Fsp3) is 0.182. The van der Waals surface area contributed by atoms with E-state index >= 15 is 0 Å². The molecule has 1 heterocycles. The molecule has 0 atom stereocenters. The number of nitro benzene ring substituents is 1. The van der Waals surface area contributed by atoms with Crippen LogP contribution < -0.4 is 10.5 Å². The summed E-state index contributed by atoms with van der Waals surface area (Å²) in [7, 11) is -4.13. The first-order chi connectivity index (χ1) is 9.72. The lowest BCUT2D eigenvalue weighted by Crippen LogP contribution is -2.15. The molecule has 4 N–H and O–H groups in total. The zero-order chi connectivity index (χ0) is 15.8. The lowest BCUT2D eigenvalue weighted by Gasteiger charge is -2.09. The van der Waals surface area contributed by atoms with E-state index in [1.165, 1.54) is 6.07 Å². The Kier molecular flexibility index (Phi) is 3.56. The number of nitrogens with one attached hydrogen (secondary N) is 2. The summed E-state index contributed by atoms with van der Waals surface area (Å²) in [5.41, 5.74) is 6.20. The quantitative estimate of drug-likeness (QED) is 0.441. The summed E-state index contributed by atoms with van der Waals surface area (Å²) in [5, 5.41) is 17.5. The van der Waals surface area contributed by atoms with Crippen molar-refractivity contribution < 1.29 is 13.3 Å². The smallest absolute Gasteiger partial charge is 0.291 e. The first kappa shape index (κ1) is 14.8. The predicted octanol–water partition coefficient (Wildman–Crippen LogP) is 1.32. The number of aryl methyl sites for hydroxylation is 2. The van der Waals surface area contributed by atoms with Crippen LogP contribution in [0.1, 0.15) is 11.4 Å². The number of aromatic nitrogens is 2. The highest BCUT2D eigenvalue weighted by atomic mass is 32.2. The molecule has 0 amide bonds. The zero-order valence-electron chi connectivity index (χ0n) is 11.2. The van der Waals surface area contributed by atoms with E-state index < -0.39 is 25.5 Å². The Morgan fingerprint density at radius 2 is 2.05 bits per heavy atom. The maximum atomic E-state index is 12.3. The molecule has 0 saturated heterocycles. The third kappa shape index (κ3) is 2.79. The average molecular weight is 311 g/mol. The summed E-state index contributed by atoms with van der Waals surface area (Å²) in [4.78, 5) is 9.75. The summed E-state index contributed by atoms with van der Waals surface area (Å²) in [6.45, 7) is 3.24. The number of H-pyrrole nitrogens is 1. The molecule has 0 unspecified atom stereocenters. The van der Waals surface area contributed by atoms with E-state index in [1.807, 2.05) is 0 Å². The Morgan fingerprint density at radius 1 is 1.38 bits per heavy atom. The highest BCUT2D eigenvalue weighted by Crippen LogP contribution is 2.29. The monoisotopic (exact) mass is 311 g/mol. The molecule has 0 saturated carbocycles. The number of anilines is 2. The van der Waals surface area contributed by atoms with Crippen molar-refractivity contribution in [3.05, 3.63) is 39.7 Å². The minimum atomic E-state index is -4.13. The summed E-state index contributed by atoms with van der Waals surface area (Å²) in [6.07, 6.45) is 0. The third-order valence-corrected chi connectivity index (χ3v) is 4.23. The van der Waals surface area contributed by atoms with Crippen LogP contribution in [-0.2, 0) is 10.0 Å². The van der Waals surface area contributed by atoms with Gasteiger partial charge in [-0.3, -0.25) is 19.9 Å². The molecule has 0 aliphatic heterocycles. The van der Waals surface area contributed by atoms with Gasteiger partial charge in [0.1, 0.15) is 0 Å².